The number of nitrogens with zero attached hydrogens (tertiary/aromatic N) is 2. The van der Waals surface area contributed by atoms with Gasteiger partial charge in [0.2, 0.25) is 0 Å². The lowest BCUT2D eigenvalue weighted by Crippen LogP contribution is -2.56. The molecule has 10 nitrogen and oxygen atoms in total. The number of urea groups is 1. The number of hydrogen-bond donors (Lipinski definition) is 3. The maximum absolute atomic E-state index is 13.6. The van der Waals surface area contributed by atoms with E-state index < -0.39 is 23.1 Å². The van der Waals surface area contributed by atoms with E-state index in [0.717, 1.165) is 0 Å². The van der Waals surface area contributed by atoms with E-state index in [9.17, 15) is 23.6 Å². The lowest BCUT2D eigenvalue weighted by Gasteiger charge is -2.39. The predicted molar refractivity (Wildman–Crippen MR) is 146 cm³/mol. The average molecular weight is 542 g/mol. The minimum atomic E-state index is -0.756. The summed E-state index contributed by atoms with van der Waals surface area (Å²) in [6.07, 6.45) is 1.03. The van der Waals surface area contributed by atoms with Gasteiger partial charge in [0.15, 0.2) is 0 Å². The van der Waals surface area contributed by atoms with Gasteiger partial charge in [-0.15, -0.1) is 0 Å². The second-order valence-corrected chi connectivity index (χ2v) is 9.72. The highest BCUT2D eigenvalue weighted by atomic mass is 19.1. The largest absolute Gasteiger partial charge is 0.344 e. The molecule has 2 heterocycles. The maximum atomic E-state index is 13.6. The van der Waals surface area contributed by atoms with Gasteiger partial charge in [-0.25, -0.2) is 14.0 Å². The number of likely N-dealkylation sites (tertiary alicyclic amines) is 1. The summed E-state index contributed by atoms with van der Waals surface area (Å²) in [5.74, 6) is -1.06. The Morgan fingerprint density at radius 1 is 1.13 bits per heavy atom. The maximum Gasteiger partial charge on any atom is 0.317 e. The first-order chi connectivity index (χ1) is 18.3. The fraction of sp³-hybridized carbons (Fsp3) is 0.429. The zero-order valence-corrected chi connectivity index (χ0v) is 23.3. The van der Waals surface area contributed by atoms with Crippen molar-refractivity contribution in [2.24, 2.45) is 7.05 Å². The molecule has 3 N–H and O–H groups in total. The average Bonchev–Trinajstić information content (AvgIpc) is 3.09. The molecule has 0 bridgehead atoms. The second kappa shape index (κ2) is 13.0. The number of Topliss-reactive ketones (excluding diaryl/α,β-unsaturated/α-hetero) is 1. The first kappa shape index (κ1) is 31.0. The third-order valence-corrected chi connectivity index (χ3v) is 6.89. The molecule has 0 radical (unpaired) electrons. The minimum absolute atomic E-state index is 0.133. The number of carbonyl (C=O) groups is 4. The number of anilines is 1. The first-order valence-electron chi connectivity index (χ1n) is 12.6. The number of amides is 4. The van der Waals surface area contributed by atoms with Crippen LogP contribution in [0.1, 0.15) is 64.4 Å². The van der Waals surface area contributed by atoms with E-state index in [4.69, 9.17) is 4.79 Å². The van der Waals surface area contributed by atoms with Crippen LogP contribution in [-0.4, -0.2) is 64.2 Å². The summed E-state index contributed by atoms with van der Waals surface area (Å²) >= 11 is 0. The number of nitrogens with one attached hydrogen (secondary N) is 3. The molecule has 2 aromatic rings. The van der Waals surface area contributed by atoms with Crippen molar-refractivity contribution in [3.63, 3.8) is 0 Å². The summed E-state index contributed by atoms with van der Waals surface area (Å²) in [5.41, 5.74) is 1.53. The monoisotopic (exact) mass is 541 g/mol. The summed E-state index contributed by atoms with van der Waals surface area (Å²) in [6, 6.07) is 4.12. The first-order valence-corrected chi connectivity index (χ1v) is 12.6. The number of rotatable bonds is 6. The molecule has 1 aromatic carbocycles. The van der Waals surface area contributed by atoms with Crippen molar-refractivity contribution in [2.45, 2.75) is 53.0 Å². The standard InChI is InChI=1S/C26H34FN5O4.C2H2O/c1-7-28-25(36)32-12-10-26(5,11-13-32)30-24(35)22(33)21-16(3)20(17(4)31(21)6)23(34)29-18-8-9-19(27)15(2)14-18;1-2-3/h8-9,14H,7,10-13H2,1-6H3,(H,28,36)(H,29,34)(H,30,35);1H2. The zero-order valence-electron chi connectivity index (χ0n) is 23.3. The van der Waals surface area contributed by atoms with Crippen LogP contribution in [-0.2, 0) is 16.6 Å². The quantitative estimate of drug-likeness (QED) is 0.294. The van der Waals surface area contributed by atoms with E-state index in [2.05, 4.69) is 22.5 Å². The third-order valence-electron chi connectivity index (χ3n) is 6.89. The number of halogens is 1. The molecule has 0 spiro atoms. The number of carbonyl (C=O) groups excluding carboxylic acids is 5. The molecular weight excluding hydrogens is 505 g/mol. The smallest absolute Gasteiger partial charge is 0.317 e. The Kier molecular flexibility index (Phi) is 10.3. The van der Waals surface area contributed by atoms with Crippen LogP contribution in [0.15, 0.2) is 24.8 Å². The van der Waals surface area contributed by atoms with Crippen LogP contribution < -0.4 is 16.0 Å². The number of ketones is 1. The second-order valence-electron chi connectivity index (χ2n) is 9.72. The van der Waals surface area contributed by atoms with Crippen molar-refractivity contribution >= 4 is 35.3 Å². The summed E-state index contributed by atoms with van der Waals surface area (Å²) in [4.78, 5) is 61.6. The molecule has 210 valence electrons. The summed E-state index contributed by atoms with van der Waals surface area (Å²) in [7, 11) is 1.63. The van der Waals surface area contributed by atoms with Crippen molar-refractivity contribution in [1.29, 1.82) is 0 Å². The fourth-order valence-electron chi connectivity index (χ4n) is 4.58. The highest BCUT2D eigenvalue weighted by Gasteiger charge is 2.36. The molecule has 0 aliphatic carbocycles. The molecule has 1 fully saturated rings. The highest BCUT2D eigenvalue weighted by molar-refractivity contribution is 6.43. The Labute approximate surface area is 227 Å². The van der Waals surface area contributed by atoms with Gasteiger partial charge in [0, 0.05) is 43.6 Å². The van der Waals surface area contributed by atoms with E-state index in [1.165, 1.54) is 24.1 Å². The van der Waals surface area contributed by atoms with Gasteiger partial charge in [0.05, 0.1) is 11.3 Å². The number of aryl methyl sites for hydroxylation is 1. The van der Waals surface area contributed by atoms with Gasteiger partial charge in [-0.05, 0) is 83.4 Å². The Hall–Kier alpha value is -4.24. The molecule has 0 unspecified atom stereocenters. The Morgan fingerprint density at radius 3 is 2.26 bits per heavy atom. The molecule has 39 heavy (non-hydrogen) atoms. The summed E-state index contributed by atoms with van der Waals surface area (Å²) in [6.45, 7) is 12.8. The summed E-state index contributed by atoms with van der Waals surface area (Å²) < 4.78 is 15.1. The molecule has 3 rings (SSSR count). The fourth-order valence-corrected chi connectivity index (χ4v) is 4.58. The van der Waals surface area contributed by atoms with E-state index in [-0.39, 0.29) is 23.1 Å². The van der Waals surface area contributed by atoms with Crippen LogP contribution >= 0.6 is 0 Å². The molecule has 4 amide bonds. The van der Waals surface area contributed by atoms with Crippen LogP contribution in [0, 0.1) is 26.6 Å². The molecule has 1 aliphatic rings. The number of aromatic nitrogens is 1. The number of benzene rings is 1. The van der Waals surface area contributed by atoms with Crippen LogP contribution in [0.3, 0.4) is 0 Å². The van der Waals surface area contributed by atoms with Gasteiger partial charge in [0.1, 0.15) is 11.8 Å². The van der Waals surface area contributed by atoms with Gasteiger partial charge < -0.3 is 25.4 Å². The van der Waals surface area contributed by atoms with Gasteiger partial charge >= 0.3 is 6.03 Å². The van der Waals surface area contributed by atoms with Crippen LogP contribution in [0.5, 0.6) is 0 Å². The van der Waals surface area contributed by atoms with Crippen LogP contribution in [0.2, 0.25) is 0 Å². The minimum Gasteiger partial charge on any atom is -0.344 e. The number of piperidine rings is 1. The van der Waals surface area contributed by atoms with Crippen molar-refractivity contribution in [3.8, 4) is 0 Å². The van der Waals surface area contributed by atoms with Gasteiger partial charge in [-0.3, -0.25) is 14.4 Å². The Morgan fingerprint density at radius 2 is 1.72 bits per heavy atom. The Balaban J connectivity index is 0.00000170. The van der Waals surface area contributed by atoms with Crippen molar-refractivity contribution in [3.05, 3.63) is 58.7 Å². The molecule has 1 aromatic heterocycles. The predicted octanol–water partition coefficient (Wildman–Crippen LogP) is 3.23. The van der Waals surface area contributed by atoms with E-state index in [1.807, 2.05) is 13.8 Å². The van der Waals surface area contributed by atoms with Crippen molar-refractivity contribution in [2.75, 3.05) is 25.0 Å². The van der Waals surface area contributed by atoms with Crippen molar-refractivity contribution < 1.29 is 28.4 Å². The lowest BCUT2D eigenvalue weighted by molar-refractivity contribution is -0.119. The lowest BCUT2D eigenvalue weighted by atomic mass is 9.89. The molecular formula is C28H36FN5O5. The normalized spacial score (nSPS) is 13.9. The molecule has 0 atom stereocenters. The molecule has 11 heteroatoms. The number of hydrogen-bond acceptors (Lipinski definition) is 5. The third kappa shape index (κ3) is 7.20. The van der Waals surface area contributed by atoms with Gasteiger partial charge in [0.25, 0.3) is 17.6 Å². The van der Waals surface area contributed by atoms with Gasteiger partial charge in [-0.2, -0.15) is 0 Å². The van der Waals surface area contributed by atoms with Crippen LogP contribution in [0.4, 0.5) is 14.9 Å². The highest BCUT2D eigenvalue weighted by Crippen LogP contribution is 2.25. The van der Waals surface area contributed by atoms with Crippen LogP contribution in [0.25, 0.3) is 0 Å². The topological polar surface area (TPSA) is 130 Å². The van der Waals surface area contributed by atoms with Gasteiger partial charge in [-0.1, -0.05) is 0 Å². The molecule has 1 saturated heterocycles. The van der Waals surface area contributed by atoms with E-state index in [0.29, 0.717) is 55.0 Å². The Bertz CT molecular complexity index is 1300. The molecule has 0 saturated carbocycles. The van der Waals surface area contributed by atoms with E-state index in [1.54, 1.807) is 37.3 Å². The zero-order chi connectivity index (χ0) is 29.5. The summed E-state index contributed by atoms with van der Waals surface area (Å²) in [5, 5.41) is 8.36. The van der Waals surface area contributed by atoms with E-state index >= 15 is 0 Å². The molecule has 1 aliphatic heterocycles. The SMILES string of the molecule is C=C=O.CCNC(=O)N1CCC(C)(NC(=O)C(=O)c2c(C)c(C(=O)Nc3ccc(F)c(C)c3)c(C)n2C)CC1. The van der Waals surface area contributed by atoms with Crippen molar-refractivity contribution in [1.82, 2.24) is 20.1 Å².